The number of benzene rings is 2. The van der Waals surface area contributed by atoms with Crippen LogP contribution in [0.4, 0.5) is 20.6 Å². The van der Waals surface area contributed by atoms with Gasteiger partial charge in [-0.15, -0.1) is 0 Å². The molecule has 3 aliphatic rings. The molecule has 6 nitrogen and oxygen atoms in total. The van der Waals surface area contributed by atoms with E-state index < -0.39 is 23.7 Å². The van der Waals surface area contributed by atoms with Crippen molar-refractivity contribution >= 4 is 35.3 Å². The molecule has 152 valence electrons. The second kappa shape index (κ2) is 7.18. The number of aryl methyl sites for hydroxylation is 2. The van der Waals surface area contributed by atoms with Crippen molar-refractivity contribution in [2.45, 2.75) is 25.7 Å². The van der Waals surface area contributed by atoms with E-state index in [1.54, 1.807) is 0 Å². The molecule has 0 fully saturated rings. The number of carbonyl (C=O) groups is 2. The number of hydrogen-bond donors (Lipinski definition) is 1. The molecule has 3 aliphatic heterocycles. The van der Waals surface area contributed by atoms with Crippen LogP contribution in [-0.4, -0.2) is 30.9 Å². The standard InChI is InChI=1S/C23H20FN3O3/c24-17-5-7-18(8-6-17)27-22(29)19(21(28)25-23(27)30)13-14-11-15-3-1-9-26-10-2-4-16(12-14)20(15)26/h5-8,11-13H,1-4,9-10H2,(H,25,28,30). The molecule has 0 aromatic heterocycles. The van der Waals surface area contributed by atoms with Gasteiger partial charge in [0.2, 0.25) is 0 Å². The van der Waals surface area contributed by atoms with Gasteiger partial charge < -0.3 is 10.0 Å². The van der Waals surface area contributed by atoms with Gasteiger partial charge in [0.25, 0.3) is 5.91 Å². The first kappa shape index (κ1) is 18.7. The smallest absolute Gasteiger partial charge is 0.354 e. The summed E-state index contributed by atoms with van der Waals surface area (Å²) in [6, 6.07) is 8.04. The van der Waals surface area contributed by atoms with Crippen LogP contribution in [0.2, 0.25) is 0 Å². The number of halogens is 1. The molecule has 5 rings (SSSR count). The maximum Gasteiger partial charge on any atom is 0.354 e. The number of quaternary nitrogens is 1. The summed E-state index contributed by atoms with van der Waals surface area (Å²) in [7, 11) is 0. The topological polar surface area (TPSA) is 77.2 Å². The first-order valence-electron chi connectivity index (χ1n) is 10.1. The van der Waals surface area contributed by atoms with Crippen LogP contribution in [0.1, 0.15) is 29.5 Å². The van der Waals surface area contributed by atoms with Crippen molar-refractivity contribution in [1.29, 1.82) is 0 Å². The lowest BCUT2D eigenvalue weighted by Gasteiger charge is -2.32. The van der Waals surface area contributed by atoms with E-state index in [9.17, 15) is 19.1 Å². The summed E-state index contributed by atoms with van der Waals surface area (Å²) < 4.78 is 13.2. The van der Waals surface area contributed by atoms with E-state index in [-0.39, 0.29) is 11.3 Å². The number of amides is 3. The van der Waals surface area contributed by atoms with Crippen molar-refractivity contribution < 1.29 is 24.0 Å². The van der Waals surface area contributed by atoms with Crippen molar-refractivity contribution in [2.24, 2.45) is 4.99 Å². The Hall–Kier alpha value is -3.32. The Bertz CT molecular complexity index is 1090. The second-order valence-corrected chi connectivity index (χ2v) is 7.90. The highest BCUT2D eigenvalue weighted by Gasteiger charge is 2.32. The lowest BCUT2D eigenvalue weighted by molar-refractivity contribution is -0.838. The third-order valence-electron chi connectivity index (χ3n) is 5.98. The van der Waals surface area contributed by atoms with E-state index in [0.717, 1.165) is 61.4 Å². The van der Waals surface area contributed by atoms with Gasteiger partial charge in [0.05, 0.1) is 24.4 Å². The molecule has 0 bridgehead atoms. The van der Waals surface area contributed by atoms with Crippen LogP contribution in [-0.2, 0) is 17.6 Å². The minimum absolute atomic E-state index is 0.165. The van der Waals surface area contributed by atoms with Gasteiger partial charge in [-0.2, -0.15) is 0 Å². The lowest BCUT2D eigenvalue weighted by atomic mass is 9.89. The fourth-order valence-electron chi connectivity index (χ4n) is 4.69. The van der Waals surface area contributed by atoms with Gasteiger partial charge >= 0.3 is 6.03 Å². The molecular weight excluding hydrogens is 385 g/mol. The molecule has 0 saturated carbocycles. The summed E-state index contributed by atoms with van der Waals surface area (Å²) >= 11 is 0. The predicted octanol–water partition coefficient (Wildman–Crippen LogP) is 1.54. The summed E-state index contributed by atoms with van der Waals surface area (Å²) in [4.78, 5) is 31.1. The Morgan fingerprint density at radius 1 is 1.03 bits per heavy atom. The fourth-order valence-corrected chi connectivity index (χ4v) is 4.69. The summed E-state index contributed by atoms with van der Waals surface area (Å²) in [6.07, 6.45) is 5.71. The van der Waals surface area contributed by atoms with Gasteiger partial charge in [-0.3, -0.25) is 4.79 Å². The zero-order chi connectivity index (χ0) is 20.8. The van der Waals surface area contributed by atoms with Gasteiger partial charge in [0, 0.05) is 29.9 Å². The number of imide groups is 1. The van der Waals surface area contributed by atoms with Crippen LogP contribution in [0.3, 0.4) is 0 Å². The van der Waals surface area contributed by atoms with Crippen LogP contribution in [0.5, 0.6) is 0 Å². The number of anilines is 1. The quantitative estimate of drug-likeness (QED) is 0.770. The highest BCUT2D eigenvalue weighted by atomic mass is 19.1. The monoisotopic (exact) mass is 405 g/mol. The van der Waals surface area contributed by atoms with E-state index in [1.807, 2.05) is 12.1 Å². The first-order valence-corrected chi connectivity index (χ1v) is 10.1. The molecule has 0 atom stereocenters. The van der Waals surface area contributed by atoms with Gasteiger partial charge in [0.1, 0.15) is 11.5 Å². The van der Waals surface area contributed by atoms with Crippen LogP contribution in [0, 0.1) is 5.82 Å². The molecule has 1 N–H and O–H groups in total. The Morgan fingerprint density at radius 2 is 1.67 bits per heavy atom. The van der Waals surface area contributed by atoms with E-state index in [1.165, 1.54) is 39.9 Å². The molecule has 0 radical (unpaired) electrons. The van der Waals surface area contributed by atoms with E-state index in [4.69, 9.17) is 0 Å². The number of carbonyl (C=O) groups excluding carboxylic acids is 2. The largest absolute Gasteiger partial charge is 0.858 e. The van der Waals surface area contributed by atoms with E-state index >= 15 is 0 Å². The number of urea groups is 1. The van der Waals surface area contributed by atoms with Crippen molar-refractivity contribution in [3.05, 3.63) is 64.5 Å². The average Bonchev–Trinajstić information content (AvgIpc) is 2.73. The highest BCUT2D eigenvalue weighted by molar-refractivity contribution is 6.36. The SMILES string of the molecule is O=C1N=C([O-])C(=Cc2cc3c4c(c2)CCC[NH+]4CCC3)C(=O)N1c1ccc(F)cc1. The number of aliphatic imine (C=N–C) groups is 1. The minimum atomic E-state index is -0.964. The molecule has 3 amide bonds. The predicted molar refractivity (Wildman–Crippen MR) is 108 cm³/mol. The van der Waals surface area contributed by atoms with E-state index in [2.05, 4.69) is 4.99 Å². The molecule has 0 unspecified atom stereocenters. The Labute approximate surface area is 172 Å². The highest BCUT2D eigenvalue weighted by Crippen LogP contribution is 2.29. The second-order valence-electron chi connectivity index (χ2n) is 7.90. The zero-order valence-electron chi connectivity index (χ0n) is 16.3. The Kier molecular flexibility index (Phi) is 4.47. The maximum atomic E-state index is 13.2. The summed E-state index contributed by atoms with van der Waals surface area (Å²) in [6.45, 7) is 2.29. The van der Waals surface area contributed by atoms with Gasteiger partial charge in [0.15, 0.2) is 0 Å². The normalized spacial score (nSPS) is 20.4. The van der Waals surface area contributed by atoms with Crippen LogP contribution < -0.4 is 14.9 Å². The number of rotatable bonds is 2. The van der Waals surface area contributed by atoms with Gasteiger partial charge in [-0.25, -0.2) is 19.1 Å². The lowest BCUT2D eigenvalue weighted by Crippen LogP contribution is -3.09. The number of nitrogens with one attached hydrogen (secondary N) is 1. The third-order valence-corrected chi connectivity index (χ3v) is 5.98. The van der Waals surface area contributed by atoms with Crippen molar-refractivity contribution in [3.63, 3.8) is 0 Å². The van der Waals surface area contributed by atoms with E-state index in [0.29, 0.717) is 0 Å². The minimum Gasteiger partial charge on any atom is -0.858 e. The molecule has 2 aromatic carbocycles. The van der Waals surface area contributed by atoms with Crippen molar-refractivity contribution in [3.8, 4) is 0 Å². The molecule has 0 aliphatic carbocycles. The van der Waals surface area contributed by atoms with Crippen molar-refractivity contribution in [2.75, 3.05) is 18.0 Å². The Morgan fingerprint density at radius 3 is 2.30 bits per heavy atom. The molecule has 30 heavy (non-hydrogen) atoms. The molecule has 3 heterocycles. The van der Waals surface area contributed by atoms with Gasteiger partial charge in [-0.1, -0.05) is 0 Å². The molecule has 0 spiro atoms. The van der Waals surface area contributed by atoms with Crippen molar-refractivity contribution in [1.82, 2.24) is 0 Å². The fraction of sp³-hybridized carbons (Fsp3) is 0.261. The van der Waals surface area contributed by atoms with Crippen LogP contribution in [0.25, 0.3) is 6.08 Å². The summed E-state index contributed by atoms with van der Waals surface area (Å²) in [5.41, 5.74) is 4.69. The molecule has 0 saturated heterocycles. The summed E-state index contributed by atoms with van der Waals surface area (Å²) in [5.74, 6) is -2.08. The van der Waals surface area contributed by atoms with Crippen LogP contribution in [0.15, 0.2) is 47.0 Å². The first-order chi connectivity index (χ1) is 14.5. The zero-order valence-corrected chi connectivity index (χ0v) is 16.3. The van der Waals surface area contributed by atoms with Gasteiger partial charge in [-0.05, 0) is 60.9 Å². The number of nitrogens with zero attached hydrogens (tertiary/aromatic N) is 2. The third kappa shape index (κ3) is 3.11. The van der Waals surface area contributed by atoms with Crippen LogP contribution >= 0.6 is 0 Å². The Balaban J connectivity index is 1.56. The summed E-state index contributed by atoms with van der Waals surface area (Å²) in [5, 5.41) is 12.4. The average molecular weight is 405 g/mol. The maximum absolute atomic E-state index is 13.2. The molecule has 7 heteroatoms. The molecular formula is C23H20FN3O3. The number of hydrogen-bond acceptors (Lipinski definition) is 3. The molecule has 2 aromatic rings.